The van der Waals surface area contributed by atoms with E-state index in [0.717, 1.165) is 23.5 Å². The van der Waals surface area contributed by atoms with E-state index in [4.69, 9.17) is 14.2 Å². The van der Waals surface area contributed by atoms with E-state index in [1.807, 2.05) is 25.2 Å². The number of ether oxygens (including phenoxy) is 3. The molecule has 0 amide bonds. The maximum atomic E-state index is 11.4. The lowest BCUT2D eigenvalue weighted by Gasteiger charge is -2.17. The van der Waals surface area contributed by atoms with Gasteiger partial charge in [-0.15, -0.1) is 0 Å². The number of hydrogen-bond donors (Lipinski definition) is 1. The molecule has 0 aliphatic carbocycles. The summed E-state index contributed by atoms with van der Waals surface area (Å²) in [7, 11) is 3.21. The number of nitrogens with one attached hydrogen (secondary N) is 1. The molecule has 2 rings (SSSR count). The first kappa shape index (κ1) is 13.7. The molecule has 104 valence electrons. The number of carbonyl (C=O) groups is 1. The molecular formula is C14H19NO4. The van der Waals surface area contributed by atoms with Crippen LogP contribution in [0.5, 0.6) is 11.5 Å². The summed E-state index contributed by atoms with van der Waals surface area (Å²) >= 11 is 0. The number of hydrogen-bond acceptors (Lipinski definition) is 5. The summed E-state index contributed by atoms with van der Waals surface area (Å²) in [6, 6.07) is 5.66. The lowest BCUT2D eigenvalue weighted by Crippen LogP contribution is -2.20. The van der Waals surface area contributed by atoms with Crippen molar-refractivity contribution in [1.82, 2.24) is 5.32 Å². The Morgan fingerprint density at radius 3 is 2.79 bits per heavy atom. The normalized spacial score (nSPS) is 15.5. The molecule has 1 heterocycles. The second kappa shape index (κ2) is 6.43. The molecule has 0 radical (unpaired) electrons. The van der Waals surface area contributed by atoms with Gasteiger partial charge in [0.1, 0.15) is 0 Å². The number of benzene rings is 1. The summed E-state index contributed by atoms with van der Waals surface area (Å²) in [5.74, 6) is 1.25. The molecule has 1 aromatic rings. The predicted molar refractivity (Wildman–Crippen MR) is 70.5 cm³/mol. The molecule has 0 fully saturated rings. The van der Waals surface area contributed by atoms with Gasteiger partial charge in [0.05, 0.1) is 26.7 Å². The summed E-state index contributed by atoms with van der Waals surface area (Å²) in [5.41, 5.74) is 0.983. The molecule has 0 saturated carbocycles. The topological polar surface area (TPSA) is 56.8 Å². The minimum absolute atomic E-state index is 0.0930. The fourth-order valence-electron chi connectivity index (χ4n) is 2.03. The van der Waals surface area contributed by atoms with Gasteiger partial charge in [-0.05, 0) is 24.7 Å². The molecule has 1 unspecified atom stereocenters. The van der Waals surface area contributed by atoms with Gasteiger partial charge in [0, 0.05) is 12.5 Å². The molecule has 19 heavy (non-hydrogen) atoms. The molecule has 0 aromatic heterocycles. The lowest BCUT2D eigenvalue weighted by atomic mass is 10.0. The summed E-state index contributed by atoms with van der Waals surface area (Å²) in [6.45, 7) is 1.32. The van der Waals surface area contributed by atoms with Crippen LogP contribution in [0.3, 0.4) is 0 Å². The fourth-order valence-corrected chi connectivity index (χ4v) is 2.03. The van der Waals surface area contributed by atoms with Crippen molar-refractivity contribution in [3.8, 4) is 11.5 Å². The van der Waals surface area contributed by atoms with Crippen LogP contribution in [-0.4, -0.2) is 33.3 Å². The molecule has 1 aliphatic rings. The molecule has 1 N–H and O–H groups in total. The maximum absolute atomic E-state index is 11.4. The Kier molecular flexibility index (Phi) is 4.63. The van der Waals surface area contributed by atoms with E-state index in [1.54, 1.807) is 0 Å². The quantitative estimate of drug-likeness (QED) is 0.839. The van der Waals surface area contributed by atoms with Gasteiger partial charge in [0.2, 0.25) is 0 Å². The van der Waals surface area contributed by atoms with Crippen LogP contribution in [0, 0.1) is 0 Å². The Labute approximate surface area is 112 Å². The maximum Gasteiger partial charge on any atom is 0.307 e. The lowest BCUT2D eigenvalue weighted by molar-refractivity contribution is -0.141. The van der Waals surface area contributed by atoms with Crippen molar-refractivity contribution < 1.29 is 19.0 Å². The van der Waals surface area contributed by atoms with Crippen molar-refractivity contribution >= 4 is 5.97 Å². The molecule has 0 spiro atoms. The van der Waals surface area contributed by atoms with Gasteiger partial charge >= 0.3 is 5.97 Å². The van der Waals surface area contributed by atoms with Gasteiger partial charge in [-0.3, -0.25) is 4.79 Å². The molecule has 5 nitrogen and oxygen atoms in total. The van der Waals surface area contributed by atoms with Crippen molar-refractivity contribution in [3.05, 3.63) is 23.8 Å². The van der Waals surface area contributed by atoms with E-state index in [-0.39, 0.29) is 18.4 Å². The minimum Gasteiger partial charge on any atom is -0.490 e. The molecule has 0 saturated heterocycles. The monoisotopic (exact) mass is 265 g/mol. The Morgan fingerprint density at radius 2 is 2.11 bits per heavy atom. The zero-order valence-corrected chi connectivity index (χ0v) is 11.3. The Balaban J connectivity index is 2.19. The van der Waals surface area contributed by atoms with Crippen LogP contribution in [0.15, 0.2) is 18.2 Å². The largest absolute Gasteiger partial charge is 0.490 e. The third-order valence-corrected chi connectivity index (χ3v) is 3.12. The van der Waals surface area contributed by atoms with Crippen molar-refractivity contribution in [2.24, 2.45) is 0 Å². The molecule has 1 aliphatic heterocycles. The summed E-state index contributed by atoms with van der Waals surface area (Å²) in [4.78, 5) is 11.4. The van der Waals surface area contributed by atoms with Crippen LogP contribution in [0.2, 0.25) is 0 Å². The first-order valence-electron chi connectivity index (χ1n) is 6.38. The average Bonchev–Trinajstić information content (AvgIpc) is 2.68. The summed E-state index contributed by atoms with van der Waals surface area (Å²) in [5, 5.41) is 3.11. The molecule has 1 atom stereocenters. The Morgan fingerprint density at radius 1 is 1.37 bits per heavy atom. The molecule has 1 aromatic carbocycles. The molecule has 5 heteroatoms. The van der Waals surface area contributed by atoms with Gasteiger partial charge in [-0.1, -0.05) is 6.07 Å². The third kappa shape index (κ3) is 3.38. The molecular weight excluding hydrogens is 246 g/mol. The summed E-state index contributed by atoms with van der Waals surface area (Å²) in [6.07, 6.45) is 1.16. The second-order valence-electron chi connectivity index (χ2n) is 4.38. The first-order valence-corrected chi connectivity index (χ1v) is 6.38. The van der Waals surface area contributed by atoms with Crippen molar-refractivity contribution in [2.75, 3.05) is 27.4 Å². The number of esters is 1. The second-order valence-corrected chi connectivity index (χ2v) is 4.38. The van der Waals surface area contributed by atoms with Gasteiger partial charge in [-0.2, -0.15) is 0 Å². The van der Waals surface area contributed by atoms with Crippen LogP contribution >= 0.6 is 0 Å². The average molecular weight is 265 g/mol. The van der Waals surface area contributed by atoms with Crippen LogP contribution < -0.4 is 14.8 Å². The minimum atomic E-state index is -0.244. The SMILES string of the molecule is CNC(CC(=O)OC)c1ccc2c(c1)OCCCO2. The van der Waals surface area contributed by atoms with Gasteiger partial charge in [0.15, 0.2) is 11.5 Å². The van der Waals surface area contributed by atoms with Gasteiger partial charge < -0.3 is 19.5 Å². The highest BCUT2D eigenvalue weighted by Crippen LogP contribution is 2.33. The van der Waals surface area contributed by atoms with Gasteiger partial charge in [0.25, 0.3) is 0 Å². The van der Waals surface area contributed by atoms with E-state index in [2.05, 4.69) is 5.32 Å². The highest BCUT2D eigenvalue weighted by molar-refractivity contribution is 5.70. The highest BCUT2D eigenvalue weighted by atomic mass is 16.5. The summed E-state index contributed by atoms with van der Waals surface area (Å²) < 4.78 is 15.9. The smallest absolute Gasteiger partial charge is 0.307 e. The van der Waals surface area contributed by atoms with Gasteiger partial charge in [-0.25, -0.2) is 0 Å². The standard InChI is InChI=1S/C14H19NO4/c1-15-11(9-14(16)17-2)10-4-5-12-13(8-10)19-7-3-6-18-12/h4-5,8,11,15H,3,6-7,9H2,1-2H3. The number of carbonyl (C=O) groups excluding carboxylic acids is 1. The zero-order valence-electron chi connectivity index (χ0n) is 11.3. The van der Waals surface area contributed by atoms with Crippen LogP contribution in [0.1, 0.15) is 24.4 Å². The van der Waals surface area contributed by atoms with E-state index in [9.17, 15) is 4.79 Å². The number of methoxy groups -OCH3 is 1. The van der Waals surface area contributed by atoms with Crippen molar-refractivity contribution in [1.29, 1.82) is 0 Å². The van der Waals surface area contributed by atoms with E-state index in [0.29, 0.717) is 13.2 Å². The first-order chi connectivity index (χ1) is 9.24. The van der Waals surface area contributed by atoms with Crippen LogP contribution in [0.25, 0.3) is 0 Å². The molecule has 0 bridgehead atoms. The number of rotatable bonds is 4. The van der Waals surface area contributed by atoms with Crippen molar-refractivity contribution in [3.63, 3.8) is 0 Å². The Hall–Kier alpha value is -1.75. The highest BCUT2D eigenvalue weighted by Gasteiger charge is 2.18. The third-order valence-electron chi connectivity index (χ3n) is 3.12. The van der Waals surface area contributed by atoms with Crippen LogP contribution in [0.4, 0.5) is 0 Å². The van der Waals surface area contributed by atoms with E-state index < -0.39 is 0 Å². The van der Waals surface area contributed by atoms with E-state index in [1.165, 1.54) is 7.11 Å². The van der Waals surface area contributed by atoms with Crippen molar-refractivity contribution in [2.45, 2.75) is 18.9 Å². The zero-order chi connectivity index (χ0) is 13.7. The Bertz CT molecular complexity index is 447. The fraction of sp³-hybridized carbons (Fsp3) is 0.500. The van der Waals surface area contributed by atoms with Crippen LogP contribution in [-0.2, 0) is 9.53 Å². The van der Waals surface area contributed by atoms with E-state index >= 15 is 0 Å². The number of fused-ring (bicyclic) bond motifs is 1. The predicted octanol–water partition coefficient (Wildman–Crippen LogP) is 1.67.